The summed E-state index contributed by atoms with van der Waals surface area (Å²) in [6.07, 6.45) is 9.08. The van der Waals surface area contributed by atoms with Gasteiger partial charge in [0, 0.05) is 90.8 Å². The Morgan fingerprint density at radius 3 is 2.61 bits per heavy atom. The van der Waals surface area contributed by atoms with Gasteiger partial charge in [-0.25, -0.2) is 9.97 Å². The van der Waals surface area contributed by atoms with Gasteiger partial charge in [0.25, 0.3) is 0 Å². The molecule has 4 rings (SSSR count). The monoisotopic (exact) mass is 425 g/mol. The number of amides is 1. The van der Waals surface area contributed by atoms with Crippen LogP contribution in [-0.2, 0) is 11.8 Å². The van der Waals surface area contributed by atoms with Crippen LogP contribution in [0.4, 0.5) is 5.95 Å². The number of aromatic nitrogens is 4. The minimum absolute atomic E-state index is 0.172. The Morgan fingerprint density at radius 2 is 1.94 bits per heavy atom. The molecular weight excluding hydrogens is 394 g/mol. The van der Waals surface area contributed by atoms with Crippen molar-refractivity contribution in [1.29, 1.82) is 0 Å². The largest absolute Gasteiger partial charge is 0.356 e. The zero-order valence-corrected chi connectivity index (χ0v) is 18.3. The number of aryl methyl sites for hydroxylation is 1. The number of piperazine rings is 1. The van der Waals surface area contributed by atoms with Crippen LogP contribution in [0.25, 0.3) is 0 Å². The first-order valence-corrected chi connectivity index (χ1v) is 10.9. The van der Waals surface area contributed by atoms with E-state index in [4.69, 9.17) is 0 Å². The number of nitrogens with one attached hydrogen (secondary N) is 1. The van der Waals surface area contributed by atoms with E-state index in [0.717, 1.165) is 44.5 Å². The fourth-order valence-corrected chi connectivity index (χ4v) is 4.26. The van der Waals surface area contributed by atoms with Crippen LogP contribution in [0, 0.1) is 0 Å². The molecule has 2 aromatic heterocycles. The van der Waals surface area contributed by atoms with Gasteiger partial charge in [-0.05, 0) is 18.1 Å². The smallest absolute Gasteiger partial charge is 0.225 e. The van der Waals surface area contributed by atoms with Crippen molar-refractivity contribution in [3.8, 4) is 0 Å². The first kappa shape index (κ1) is 21.1. The maximum atomic E-state index is 12.6. The highest BCUT2D eigenvalue weighted by Gasteiger charge is 2.27. The number of rotatable bonds is 5. The molecule has 1 unspecified atom stereocenters. The van der Waals surface area contributed by atoms with Gasteiger partial charge in [0.2, 0.25) is 11.9 Å². The Balaban J connectivity index is 1.19. The van der Waals surface area contributed by atoms with Gasteiger partial charge < -0.3 is 20.0 Å². The summed E-state index contributed by atoms with van der Waals surface area (Å²) >= 11 is 0. The Bertz CT molecular complexity index is 889. The summed E-state index contributed by atoms with van der Waals surface area (Å²) in [5.74, 6) is 2.24. The molecule has 2 aliphatic rings. The molecule has 2 aliphatic heterocycles. The molecule has 0 radical (unpaired) electrons. The third-order valence-electron chi connectivity index (χ3n) is 5.99. The van der Waals surface area contributed by atoms with Gasteiger partial charge in [0.05, 0.1) is 6.20 Å². The summed E-state index contributed by atoms with van der Waals surface area (Å²) in [6.45, 7) is 5.37. The Morgan fingerprint density at radius 1 is 1.16 bits per heavy atom. The summed E-state index contributed by atoms with van der Waals surface area (Å²) in [4.78, 5) is 32.0. The Kier molecular flexibility index (Phi) is 6.63. The number of likely N-dealkylation sites (tertiary alicyclic amines) is 1. The number of nitrogens with zero attached hydrogens (tertiary/aromatic N) is 8. The predicted octanol–water partition coefficient (Wildman–Crippen LogP) is 0.314. The number of hydrogen-bond acceptors (Lipinski definition) is 6. The zero-order chi connectivity index (χ0) is 21.6. The van der Waals surface area contributed by atoms with Gasteiger partial charge in [0.1, 0.15) is 0 Å². The van der Waals surface area contributed by atoms with Crippen LogP contribution in [0.2, 0.25) is 0 Å². The molecule has 10 heteroatoms. The highest BCUT2D eigenvalue weighted by atomic mass is 16.2. The second-order valence-corrected chi connectivity index (χ2v) is 8.02. The number of hydrogen-bond donors (Lipinski definition) is 1. The number of anilines is 1. The van der Waals surface area contributed by atoms with Crippen molar-refractivity contribution in [1.82, 2.24) is 34.9 Å². The first-order chi connectivity index (χ1) is 15.1. The molecule has 0 aromatic carbocycles. The van der Waals surface area contributed by atoms with Gasteiger partial charge >= 0.3 is 0 Å². The normalized spacial score (nSPS) is 19.7. The van der Waals surface area contributed by atoms with Crippen LogP contribution in [-0.4, -0.2) is 94.3 Å². The fraction of sp³-hybridized carbons (Fsp3) is 0.571. The molecule has 0 aliphatic carbocycles. The van der Waals surface area contributed by atoms with E-state index in [1.165, 1.54) is 5.56 Å². The average Bonchev–Trinajstić information content (AvgIpc) is 3.46. The molecule has 31 heavy (non-hydrogen) atoms. The molecule has 2 aromatic rings. The van der Waals surface area contributed by atoms with Gasteiger partial charge in [0.15, 0.2) is 5.96 Å². The standard InChI is InChI=1S/C21H31N9O/c1-22-20(30-9-5-17(16-30)18-14-26-27(2)15-18)25-8-4-19(31)28-10-12-29(13-11-28)21-23-6-3-7-24-21/h3,6-7,14-15,17H,4-5,8-13,16H2,1-2H3,(H,22,25). The maximum Gasteiger partial charge on any atom is 0.225 e. The van der Waals surface area contributed by atoms with Crippen LogP contribution >= 0.6 is 0 Å². The molecule has 10 nitrogen and oxygen atoms in total. The highest BCUT2D eigenvalue weighted by molar-refractivity contribution is 5.81. The molecule has 1 amide bonds. The molecule has 0 spiro atoms. The van der Waals surface area contributed by atoms with Crippen LogP contribution in [0.3, 0.4) is 0 Å². The molecular formula is C21H31N9O. The van der Waals surface area contributed by atoms with Crippen molar-refractivity contribution >= 4 is 17.8 Å². The van der Waals surface area contributed by atoms with Gasteiger partial charge in [-0.15, -0.1) is 0 Å². The van der Waals surface area contributed by atoms with E-state index in [0.29, 0.717) is 32.0 Å². The number of aliphatic imine (C=N–C) groups is 1. The number of guanidine groups is 1. The summed E-state index contributed by atoms with van der Waals surface area (Å²) in [7, 11) is 3.75. The second-order valence-electron chi connectivity index (χ2n) is 8.02. The van der Waals surface area contributed by atoms with Crippen molar-refractivity contribution in [3.63, 3.8) is 0 Å². The summed E-state index contributed by atoms with van der Waals surface area (Å²) in [5, 5.41) is 7.66. The van der Waals surface area contributed by atoms with Crippen molar-refractivity contribution in [2.24, 2.45) is 12.0 Å². The molecule has 0 saturated carbocycles. The highest BCUT2D eigenvalue weighted by Crippen LogP contribution is 2.26. The van der Waals surface area contributed by atoms with Crippen LogP contribution in [0.1, 0.15) is 24.3 Å². The van der Waals surface area contributed by atoms with Gasteiger partial charge in [-0.1, -0.05) is 0 Å². The average molecular weight is 426 g/mol. The zero-order valence-electron chi connectivity index (χ0n) is 18.3. The first-order valence-electron chi connectivity index (χ1n) is 10.9. The molecule has 4 heterocycles. The van der Waals surface area contributed by atoms with E-state index in [1.54, 1.807) is 19.4 Å². The third-order valence-corrected chi connectivity index (χ3v) is 5.99. The van der Waals surface area contributed by atoms with Gasteiger partial charge in [-0.2, -0.15) is 5.10 Å². The molecule has 166 valence electrons. The third kappa shape index (κ3) is 5.12. The quantitative estimate of drug-likeness (QED) is 0.544. The Labute approximate surface area is 183 Å². The predicted molar refractivity (Wildman–Crippen MR) is 119 cm³/mol. The number of carbonyl (C=O) groups excluding carboxylic acids is 1. The SMILES string of the molecule is CN=C(NCCC(=O)N1CCN(c2ncccn2)CC1)N1CCC(c2cnn(C)c2)C1. The van der Waals surface area contributed by atoms with Crippen molar-refractivity contribution < 1.29 is 4.79 Å². The van der Waals surface area contributed by atoms with E-state index in [2.05, 4.69) is 41.4 Å². The Hall–Kier alpha value is -3.17. The van der Waals surface area contributed by atoms with Crippen molar-refractivity contribution in [2.45, 2.75) is 18.8 Å². The van der Waals surface area contributed by atoms with Crippen LogP contribution < -0.4 is 10.2 Å². The van der Waals surface area contributed by atoms with Gasteiger partial charge in [-0.3, -0.25) is 14.5 Å². The fourth-order valence-electron chi connectivity index (χ4n) is 4.26. The van der Waals surface area contributed by atoms with E-state index >= 15 is 0 Å². The van der Waals surface area contributed by atoms with Crippen molar-refractivity contribution in [2.75, 3.05) is 57.8 Å². The van der Waals surface area contributed by atoms with E-state index in [9.17, 15) is 4.79 Å². The van der Waals surface area contributed by atoms with Crippen LogP contribution in [0.15, 0.2) is 35.8 Å². The topological polar surface area (TPSA) is 94.8 Å². The lowest BCUT2D eigenvalue weighted by atomic mass is 10.0. The molecule has 2 fully saturated rings. The molecule has 0 bridgehead atoms. The van der Waals surface area contributed by atoms with E-state index < -0.39 is 0 Å². The van der Waals surface area contributed by atoms with Crippen LogP contribution in [0.5, 0.6) is 0 Å². The lowest BCUT2D eigenvalue weighted by Gasteiger charge is -2.34. The van der Waals surface area contributed by atoms with Crippen molar-refractivity contribution in [3.05, 3.63) is 36.4 Å². The minimum Gasteiger partial charge on any atom is -0.356 e. The van der Waals surface area contributed by atoms with E-state index in [1.807, 2.05) is 28.9 Å². The maximum absolute atomic E-state index is 12.6. The van der Waals surface area contributed by atoms with E-state index in [-0.39, 0.29) is 5.91 Å². The molecule has 2 saturated heterocycles. The summed E-state index contributed by atoms with van der Waals surface area (Å²) < 4.78 is 1.85. The lowest BCUT2D eigenvalue weighted by molar-refractivity contribution is -0.131. The molecule has 1 atom stereocenters. The number of carbonyl (C=O) groups is 1. The lowest BCUT2D eigenvalue weighted by Crippen LogP contribution is -2.50. The minimum atomic E-state index is 0.172. The summed E-state index contributed by atoms with van der Waals surface area (Å²) in [6, 6.07) is 1.81. The second kappa shape index (κ2) is 9.76. The summed E-state index contributed by atoms with van der Waals surface area (Å²) in [5.41, 5.74) is 1.27. The molecule has 1 N–H and O–H groups in total.